The molecule has 0 aromatic heterocycles. The molecular weight excluding hydrogens is 346 g/mol. The van der Waals surface area contributed by atoms with Crippen LogP contribution in [0.1, 0.15) is 11.1 Å². The minimum absolute atomic E-state index is 0.105. The zero-order valence-electron chi connectivity index (χ0n) is 12.1. The van der Waals surface area contributed by atoms with Gasteiger partial charge < -0.3 is 10.6 Å². The number of nitrogens with two attached hydrogens (primary N) is 1. The standard InChI is InChI=1S/C16H18BrN3S/c1-20(10-11-6-3-4-7-12(11)17)13-8-5-9-14(21-2)15(13)16(18)19/h3-9H,10H2,1-2H3,(H3,18,19). The Labute approximate surface area is 138 Å². The van der Waals surface area contributed by atoms with Crippen LogP contribution in [0.3, 0.4) is 0 Å². The van der Waals surface area contributed by atoms with Crippen LogP contribution in [0, 0.1) is 5.41 Å². The summed E-state index contributed by atoms with van der Waals surface area (Å²) in [6, 6.07) is 14.2. The summed E-state index contributed by atoms with van der Waals surface area (Å²) in [5, 5.41) is 7.86. The lowest BCUT2D eigenvalue weighted by Crippen LogP contribution is -2.22. The molecule has 0 aliphatic carbocycles. The molecule has 0 bridgehead atoms. The first-order valence-corrected chi connectivity index (χ1v) is 8.52. The summed E-state index contributed by atoms with van der Waals surface area (Å²) < 4.78 is 1.09. The average Bonchev–Trinajstić information content (AvgIpc) is 2.48. The molecule has 0 aliphatic rings. The van der Waals surface area contributed by atoms with Gasteiger partial charge in [0.15, 0.2) is 0 Å². The van der Waals surface area contributed by atoms with Crippen LogP contribution in [-0.2, 0) is 6.54 Å². The number of halogens is 1. The fourth-order valence-corrected chi connectivity index (χ4v) is 3.29. The maximum Gasteiger partial charge on any atom is 0.126 e. The average molecular weight is 364 g/mol. The van der Waals surface area contributed by atoms with Gasteiger partial charge in [-0.1, -0.05) is 40.2 Å². The maximum atomic E-state index is 7.86. The van der Waals surface area contributed by atoms with Crippen LogP contribution in [0.5, 0.6) is 0 Å². The van der Waals surface area contributed by atoms with Gasteiger partial charge in [0.1, 0.15) is 5.84 Å². The topological polar surface area (TPSA) is 53.1 Å². The molecule has 0 radical (unpaired) electrons. The number of thioether (sulfide) groups is 1. The number of nitrogen functional groups attached to an aromatic ring is 1. The van der Waals surface area contributed by atoms with E-state index in [0.717, 1.165) is 27.2 Å². The SMILES string of the molecule is CSc1cccc(N(C)Cc2ccccc2Br)c1C(=N)N. The van der Waals surface area contributed by atoms with Crippen molar-refractivity contribution in [3.05, 3.63) is 58.1 Å². The molecule has 0 unspecified atom stereocenters. The molecule has 110 valence electrons. The third kappa shape index (κ3) is 3.60. The Hall–Kier alpha value is -1.46. The quantitative estimate of drug-likeness (QED) is 0.477. The lowest BCUT2D eigenvalue weighted by molar-refractivity contribution is 0.913. The van der Waals surface area contributed by atoms with E-state index in [2.05, 4.69) is 26.9 Å². The first-order valence-electron chi connectivity index (χ1n) is 6.50. The summed E-state index contributed by atoms with van der Waals surface area (Å²) in [6.45, 7) is 0.750. The van der Waals surface area contributed by atoms with Gasteiger partial charge in [-0.15, -0.1) is 11.8 Å². The molecule has 0 amide bonds. The van der Waals surface area contributed by atoms with Gasteiger partial charge in [0.2, 0.25) is 0 Å². The highest BCUT2D eigenvalue weighted by Crippen LogP contribution is 2.30. The van der Waals surface area contributed by atoms with Crippen LogP contribution >= 0.6 is 27.7 Å². The minimum atomic E-state index is 0.105. The van der Waals surface area contributed by atoms with E-state index in [1.165, 1.54) is 5.56 Å². The van der Waals surface area contributed by atoms with Crippen LogP contribution in [-0.4, -0.2) is 19.1 Å². The Morgan fingerprint density at radius 3 is 2.57 bits per heavy atom. The first kappa shape index (κ1) is 15.9. The third-order valence-corrected chi connectivity index (χ3v) is 4.82. The van der Waals surface area contributed by atoms with E-state index in [1.807, 2.05) is 49.7 Å². The highest BCUT2D eigenvalue weighted by atomic mass is 79.9. The second kappa shape index (κ2) is 7.00. The van der Waals surface area contributed by atoms with Crippen molar-refractivity contribution in [1.82, 2.24) is 0 Å². The Morgan fingerprint density at radius 1 is 1.24 bits per heavy atom. The molecule has 3 nitrogen and oxygen atoms in total. The Balaban J connectivity index is 2.37. The van der Waals surface area contributed by atoms with Gasteiger partial charge >= 0.3 is 0 Å². The number of nitrogens with zero attached hydrogens (tertiary/aromatic N) is 1. The van der Waals surface area contributed by atoms with Gasteiger partial charge in [-0.3, -0.25) is 5.41 Å². The molecule has 2 aromatic carbocycles. The molecule has 2 rings (SSSR count). The summed E-state index contributed by atoms with van der Waals surface area (Å²) in [4.78, 5) is 3.15. The Morgan fingerprint density at radius 2 is 1.95 bits per heavy atom. The predicted octanol–water partition coefficient (Wildman–Crippen LogP) is 4.09. The van der Waals surface area contributed by atoms with Crippen molar-refractivity contribution in [3.63, 3.8) is 0 Å². The van der Waals surface area contributed by atoms with Crippen LogP contribution in [0.2, 0.25) is 0 Å². The Kier molecular flexibility index (Phi) is 5.31. The summed E-state index contributed by atoms with van der Waals surface area (Å²) in [5.41, 5.74) is 8.77. The summed E-state index contributed by atoms with van der Waals surface area (Å²) >= 11 is 5.18. The summed E-state index contributed by atoms with van der Waals surface area (Å²) in [7, 11) is 2.02. The third-order valence-electron chi connectivity index (χ3n) is 3.27. The van der Waals surface area contributed by atoms with Crippen molar-refractivity contribution < 1.29 is 0 Å². The van der Waals surface area contributed by atoms with Gasteiger partial charge in [0, 0.05) is 28.6 Å². The maximum absolute atomic E-state index is 7.86. The Bertz CT molecular complexity index is 658. The first-order chi connectivity index (χ1) is 10.0. The van der Waals surface area contributed by atoms with E-state index in [4.69, 9.17) is 11.1 Å². The smallest absolute Gasteiger partial charge is 0.126 e. The van der Waals surface area contributed by atoms with Gasteiger partial charge in [0.25, 0.3) is 0 Å². The molecular formula is C16H18BrN3S. The molecule has 0 saturated heterocycles. The molecule has 0 atom stereocenters. The number of hydrogen-bond acceptors (Lipinski definition) is 3. The van der Waals surface area contributed by atoms with Crippen LogP contribution in [0.4, 0.5) is 5.69 Å². The zero-order valence-corrected chi connectivity index (χ0v) is 14.5. The fourth-order valence-electron chi connectivity index (χ4n) is 2.25. The fraction of sp³-hybridized carbons (Fsp3) is 0.188. The van der Waals surface area contributed by atoms with Gasteiger partial charge in [-0.25, -0.2) is 0 Å². The van der Waals surface area contributed by atoms with Gasteiger partial charge in [0.05, 0.1) is 5.56 Å². The number of rotatable bonds is 5. The van der Waals surface area contributed by atoms with E-state index >= 15 is 0 Å². The molecule has 0 spiro atoms. The number of anilines is 1. The summed E-state index contributed by atoms with van der Waals surface area (Å²) in [6.07, 6.45) is 2.00. The lowest BCUT2D eigenvalue weighted by Gasteiger charge is -2.24. The van der Waals surface area contributed by atoms with Crippen molar-refractivity contribution >= 4 is 39.2 Å². The van der Waals surface area contributed by atoms with E-state index in [9.17, 15) is 0 Å². The molecule has 21 heavy (non-hydrogen) atoms. The van der Waals surface area contributed by atoms with Crippen LogP contribution in [0.15, 0.2) is 51.8 Å². The number of nitrogens with one attached hydrogen (secondary N) is 1. The largest absolute Gasteiger partial charge is 0.384 e. The lowest BCUT2D eigenvalue weighted by atomic mass is 10.1. The monoisotopic (exact) mass is 363 g/mol. The van der Waals surface area contributed by atoms with Crippen molar-refractivity contribution in [2.75, 3.05) is 18.2 Å². The second-order valence-electron chi connectivity index (χ2n) is 4.72. The van der Waals surface area contributed by atoms with Crippen molar-refractivity contribution in [1.29, 1.82) is 5.41 Å². The molecule has 0 saturated carbocycles. The minimum Gasteiger partial charge on any atom is -0.384 e. The van der Waals surface area contributed by atoms with Crippen molar-refractivity contribution in [2.24, 2.45) is 5.73 Å². The number of hydrogen-bond donors (Lipinski definition) is 2. The molecule has 5 heteroatoms. The van der Waals surface area contributed by atoms with E-state index in [-0.39, 0.29) is 5.84 Å². The molecule has 0 aliphatic heterocycles. The number of benzene rings is 2. The second-order valence-corrected chi connectivity index (χ2v) is 6.42. The van der Waals surface area contributed by atoms with Gasteiger partial charge in [-0.2, -0.15) is 0 Å². The van der Waals surface area contributed by atoms with E-state index in [0.29, 0.717) is 0 Å². The molecule has 0 fully saturated rings. The van der Waals surface area contributed by atoms with Gasteiger partial charge in [-0.05, 0) is 30.0 Å². The predicted molar refractivity (Wildman–Crippen MR) is 95.5 cm³/mol. The van der Waals surface area contributed by atoms with E-state index < -0.39 is 0 Å². The molecule has 3 N–H and O–H groups in total. The summed E-state index contributed by atoms with van der Waals surface area (Å²) in [5.74, 6) is 0.105. The van der Waals surface area contributed by atoms with Crippen molar-refractivity contribution in [3.8, 4) is 0 Å². The van der Waals surface area contributed by atoms with E-state index in [1.54, 1.807) is 11.8 Å². The molecule has 0 heterocycles. The zero-order chi connectivity index (χ0) is 15.4. The van der Waals surface area contributed by atoms with Crippen LogP contribution in [0.25, 0.3) is 0 Å². The highest BCUT2D eigenvalue weighted by Gasteiger charge is 2.14. The normalized spacial score (nSPS) is 10.4. The molecule has 2 aromatic rings. The van der Waals surface area contributed by atoms with Crippen LogP contribution < -0.4 is 10.6 Å². The number of amidine groups is 1. The highest BCUT2D eigenvalue weighted by molar-refractivity contribution is 9.10. The van der Waals surface area contributed by atoms with Crippen molar-refractivity contribution in [2.45, 2.75) is 11.4 Å².